The second kappa shape index (κ2) is 14.2. The predicted octanol–water partition coefficient (Wildman–Crippen LogP) is 8.40. The molecule has 0 unspecified atom stereocenters. The zero-order chi connectivity index (χ0) is 36.7. The topological polar surface area (TPSA) is 91.8 Å². The number of anilines is 3. The van der Waals surface area contributed by atoms with Crippen LogP contribution in [0.4, 0.5) is 21.6 Å². The largest absolute Gasteiger partial charge is 0.381 e. The molecule has 2 aromatic heterocycles. The number of benzene rings is 3. The number of halogens is 1. The lowest BCUT2D eigenvalue weighted by molar-refractivity contribution is -0.000511. The summed E-state index contributed by atoms with van der Waals surface area (Å²) in [6, 6.07) is 23.2. The SMILES string of the molecule is C=Cc1cccc(F)c1CC(=O)c1cc2c(s1)-c1ccccc1N(C(=O)c1ccc(NC(=O)c3cc(C)cnc3N3CC4(CCOCC4)C3)cc1)CC2. The van der Waals surface area contributed by atoms with E-state index in [4.69, 9.17) is 4.74 Å². The fourth-order valence-electron chi connectivity index (χ4n) is 7.71. The van der Waals surface area contributed by atoms with Gasteiger partial charge in [-0.05, 0) is 91.4 Å². The number of ketones is 1. The van der Waals surface area contributed by atoms with Crippen molar-refractivity contribution < 1.29 is 23.5 Å². The summed E-state index contributed by atoms with van der Waals surface area (Å²) in [6.45, 7) is 9.39. The van der Waals surface area contributed by atoms with Gasteiger partial charge in [0.05, 0.1) is 16.1 Å². The van der Waals surface area contributed by atoms with E-state index in [0.29, 0.717) is 51.6 Å². The van der Waals surface area contributed by atoms with Crippen LogP contribution < -0.4 is 15.1 Å². The molecule has 10 heteroatoms. The molecule has 5 heterocycles. The maximum Gasteiger partial charge on any atom is 0.259 e. The minimum atomic E-state index is -0.424. The van der Waals surface area contributed by atoms with Gasteiger partial charge in [-0.3, -0.25) is 14.4 Å². The highest BCUT2D eigenvalue weighted by atomic mass is 32.1. The molecule has 2 saturated heterocycles. The molecule has 0 atom stereocenters. The Morgan fingerprint density at radius 1 is 1.02 bits per heavy atom. The van der Waals surface area contributed by atoms with Gasteiger partial charge in [-0.2, -0.15) is 0 Å². The van der Waals surface area contributed by atoms with Crippen molar-refractivity contribution in [2.24, 2.45) is 5.41 Å². The highest BCUT2D eigenvalue weighted by Gasteiger charge is 2.45. The maximum atomic E-state index is 14.7. The Hall–Kier alpha value is -5.45. The van der Waals surface area contributed by atoms with Gasteiger partial charge in [-0.25, -0.2) is 9.37 Å². The number of fused-ring (bicyclic) bond motifs is 3. The van der Waals surface area contributed by atoms with Crippen molar-refractivity contribution in [3.05, 3.63) is 136 Å². The van der Waals surface area contributed by atoms with Crippen molar-refractivity contribution in [3.8, 4) is 10.4 Å². The van der Waals surface area contributed by atoms with Crippen molar-refractivity contribution in [2.45, 2.75) is 32.6 Å². The number of aryl methyl sites for hydroxylation is 1. The lowest BCUT2D eigenvalue weighted by atomic mass is 9.73. The molecule has 1 N–H and O–H groups in total. The number of Topliss-reactive ketones (excluding diaryl/α,β-unsaturated/α-hetero) is 1. The van der Waals surface area contributed by atoms with Crippen LogP contribution in [-0.4, -0.2) is 55.4 Å². The molecule has 1 spiro atoms. The summed E-state index contributed by atoms with van der Waals surface area (Å²) in [4.78, 5) is 51.2. The Labute approximate surface area is 311 Å². The van der Waals surface area contributed by atoms with Gasteiger partial charge < -0.3 is 19.9 Å². The highest BCUT2D eigenvalue weighted by molar-refractivity contribution is 7.17. The van der Waals surface area contributed by atoms with E-state index in [1.165, 1.54) is 17.4 Å². The number of aromatic nitrogens is 1. The van der Waals surface area contributed by atoms with Gasteiger partial charge in [0.1, 0.15) is 11.6 Å². The second-order valence-corrected chi connectivity index (χ2v) is 15.2. The van der Waals surface area contributed by atoms with E-state index >= 15 is 0 Å². The van der Waals surface area contributed by atoms with Gasteiger partial charge in [-0.1, -0.05) is 43.0 Å². The molecular formula is C43H39FN4O4S. The van der Waals surface area contributed by atoms with Crippen LogP contribution in [0, 0.1) is 18.2 Å². The normalized spacial score (nSPS) is 15.9. The van der Waals surface area contributed by atoms with Gasteiger partial charge in [-0.15, -0.1) is 11.3 Å². The van der Waals surface area contributed by atoms with Crippen LogP contribution in [0.1, 0.15) is 65.5 Å². The number of nitrogens with one attached hydrogen (secondary N) is 1. The Bertz CT molecular complexity index is 2250. The number of ether oxygens (including phenoxy) is 1. The molecule has 0 saturated carbocycles. The van der Waals surface area contributed by atoms with E-state index in [9.17, 15) is 18.8 Å². The number of carbonyl (C=O) groups is 3. The third-order valence-electron chi connectivity index (χ3n) is 10.6. The summed E-state index contributed by atoms with van der Waals surface area (Å²) in [5.74, 6) is -0.305. The predicted molar refractivity (Wildman–Crippen MR) is 208 cm³/mol. The molecule has 8 nitrogen and oxygen atoms in total. The van der Waals surface area contributed by atoms with Crippen molar-refractivity contribution in [3.63, 3.8) is 0 Å². The van der Waals surface area contributed by atoms with Crippen molar-refractivity contribution in [1.29, 1.82) is 0 Å². The minimum absolute atomic E-state index is 0.0611. The number of carbonyl (C=O) groups excluding carboxylic acids is 3. The fraction of sp³-hybridized carbons (Fsp3) is 0.256. The minimum Gasteiger partial charge on any atom is -0.381 e. The van der Waals surface area contributed by atoms with Gasteiger partial charge in [0.2, 0.25) is 0 Å². The number of para-hydroxylation sites is 1. The molecule has 53 heavy (non-hydrogen) atoms. The zero-order valence-corrected chi connectivity index (χ0v) is 30.3. The summed E-state index contributed by atoms with van der Waals surface area (Å²) in [5.41, 5.74) is 6.28. The highest BCUT2D eigenvalue weighted by Crippen LogP contribution is 2.44. The Morgan fingerprint density at radius 3 is 2.57 bits per heavy atom. The van der Waals surface area contributed by atoms with E-state index in [2.05, 4.69) is 21.8 Å². The molecule has 3 aromatic carbocycles. The lowest BCUT2D eigenvalue weighted by Crippen LogP contribution is -2.59. The zero-order valence-electron chi connectivity index (χ0n) is 29.5. The Kier molecular flexibility index (Phi) is 9.26. The lowest BCUT2D eigenvalue weighted by Gasteiger charge is -2.53. The molecule has 5 aromatic rings. The molecule has 2 fully saturated rings. The first kappa shape index (κ1) is 34.6. The van der Waals surface area contributed by atoms with Crippen LogP contribution in [0.5, 0.6) is 0 Å². The number of thiophene rings is 1. The van der Waals surface area contributed by atoms with Gasteiger partial charge in [0.15, 0.2) is 5.78 Å². The number of hydrogen-bond acceptors (Lipinski definition) is 7. The third kappa shape index (κ3) is 6.69. The van der Waals surface area contributed by atoms with Crippen molar-refractivity contribution in [1.82, 2.24) is 4.98 Å². The summed E-state index contributed by atoms with van der Waals surface area (Å²) in [7, 11) is 0. The first-order valence-electron chi connectivity index (χ1n) is 17.9. The average Bonchev–Trinajstić information content (AvgIpc) is 3.53. The molecule has 2 amide bonds. The molecular weight excluding hydrogens is 688 g/mol. The summed E-state index contributed by atoms with van der Waals surface area (Å²) < 4.78 is 20.2. The van der Waals surface area contributed by atoms with Crippen LogP contribution in [0.25, 0.3) is 16.5 Å². The number of pyridine rings is 1. The van der Waals surface area contributed by atoms with Crippen LogP contribution in [0.15, 0.2) is 91.6 Å². The number of nitrogens with zero attached hydrogens (tertiary/aromatic N) is 3. The van der Waals surface area contributed by atoms with E-state index in [-0.39, 0.29) is 29.4 Å². The average molecular weight is 727 g/mol. The van der Waals surface area contributed by atoms with Crippen molar-refractivity contribution >= 4 is 52.2 Å². The molecule has 3 aliphatic rings. The van der Waals surface area contributed by atoms with Gasteiger partial charge >= 0.3 is 0 Å². The Morgan fingerprint density at radius 2 is 1.79 bits per heavy atom. The van der Waals surface area contributed by atoms with E-state index in [0.717, 1.165) is 66.4 Å². The van der Waals surface area contributed by atoms with Crippen LogP contribution in [0.3, 0.4) is 0 Å². The first-order chi connectivity index (χ1) is 25.7. The third-order valence-corrected chi connectivity index (χ3v) is 11.9. The maximum absolute atomic E-state index is 14.7. The summed E-state index contributed by atoms with van der Waals surface area (Å²) >= 11 is 1.38. The summed E-state index contributed by atoms with van der Waals surface area (Å²) in [5, 5.41) is 3.02. The first-order valence-corrected chi connectivity index (χ1v) is 18.7. The molecule has 0 aliphatic carbocycles. The molecule has 0 radical (unpaired) electrons. The quantitative estimate of drug-likeness (QED) is 0.162. The number of rotatable bonds is 8. The van der Waals surface area contributed by atoms with Crippen LogP contribution in [0.2, 0.25) is 0 Å². The number of amides is 2. The standard InChI is InChI=1S/C43H39FN4O4S/c1-3-28-7-6-9-35(44)33(28)23-37(49)38-22-30-15-18-48(36-10-5-4-8-32(36)39(30)53-38)42(51)29-11-13-31(14-12-29)46-41(50)34-21-27(2)24-45-40(34)47-25-43(26-47)16-19-52-20-17-43/h3-14,21-22,24H,1,15-20,23,25-26H2,2H3,(H,46,50). The van der Waals surface area contributed by atoms with Crippen LogP contribution >= 0.6 is 11.3 Å². The van der Waals surface area contributed by atoms with E-state index in [1.807, 2.05) is 43.3 Å². The van der Waals surface area contributed by atoms with Crippen molar-refractivity contribution in [2.75, 3.05) is 48.0 Å². The van der Waals surface area contributed by atoms with Gasteiger partial charge in [0, 0.05) is 78.1 Å². The molecule has 3 aliphatic heterocycles. The monoisotopic (exact) mass is 726 g/mol. The smallest absolute Gasteiger partial charge is 0.259 e. The molecule has 268 valence electrons. The Balaban J connectivity index is 0.977. The summed E-state index contributed by atoms with van der Waals surface area (Å²) in [6.07, 6.45) is 5.90. The fourth-order valence-corrected chi connectivity index (χ4v) is 8.89. The molecule has 0 bridgehead atoms. The molecule has 8 rings (SSSR count). The van der Waals surface area contributed by atoms with Crippen LogP contribution in [-0.2, 0) is 17.6 Å². The van der Waals surface area contributed by atoms with E-state index in [1.54, 1.807) is 53.6 Å². The van der Waals surface area contributed by atoms with E-state index < -0.39 is 5.82 Å². The van der Waals surface area contributed by atoms with Gasteiger partial charge in [0.25, 0.3) is 11.8 Å². The second-order valence-electron chi connectivity index (χ2n) is 14.2. The number of hydrogen-bond donors (Lipinski definition) is 1.